The van der Waals surface area contributed by atoms with Crippen molar-refractivity contribution < 1.29 is 17.6 Å². The Morgan fingerprint density at radius 1 is 0.700 bits per heavy atom. The summed E-state index contributed by atoms with van der Waals surface area (Å²) >= 11 is 19.3. The molecule has 64 valence electrons. The van der Waals surface area contributed by atoms with Gasteiger partial charge >= 0.3 is 6.43 Å². The molecule has 0 fully saturated rings. The minimum absolute atomic E-state index is 1.61. The predicted octanol–water partition coefficient (Wildman–Crippen LogP) is 4.03. The molecule has 10 heavy (non-hydrogen) atoms. The van der Waals surface area contributed by atoms with Crippen LogP contribution in [0.2, 0.25) is 0 Å². The first-order chi connectivity index (χ1) is 4.00. The van der Waals surface area contributed by atoms with Crippen molar-refractivity contribution in [2.75, 3.05) is 0 Å². The molecule has 0 nitrogen and oxygen atoms in total. The summed E-state index contributed by atoms with van der Waals surface area (Å²) in [5.74, 6) is 0. The Labute approximate surface area is 74.0 Å². The lowest BCUT2D eigenvalue weighted by Crippen LogP contribution is -1.92. The normalized spacial score (nSPS) is 12.0. The first kappa shape index (κ1) is 13.5. The molecule has 0 heterocycles. The molecule has 0 aliphatic rings. The largest absolute Gasteiger partial charge is 0.559 e. The van der Waals surface area contributed by atoms with E-state index in [1.165, 1.54) is 0 Å². The van der Waals surface area contributed by atoms with E-state index in [9.17, 15) is 17.6 Å². The molecule has 0 saturated carbocycles. The molecular weight excluding hydrogens is 242 g/mol. The SMILES string of the molecule is ClC(Cl)(Cl)Cl.FC(F)(F)F. The van der Waals surface area contributed by atoms with Crippen molar-refractivity contribution in [3.63, 3.8) is 0 Å². The Morgan fingerprint density at radius 3 is 0.700 bits per heavy atom. The van der Waals surface area contributed by atoms with Gasteiger partial charge in [-0.05, 0) is 0 Å². The highest BCUT2D eigenvalue weighted by molar-refractivity contribution is 6.83. The number of halogens is 8. The van der Waals surface area contributed by atoms with E-state index in [1.54, 1.807) is 0 Å². The Balaban J connectivity index is 0. The summed E-state index contributed by atoms with van der Waals surface area (Å²) in [6.45, 7) is 0. The molecule has 0 aliphatic heterocycles. The van der Waals surface area contributed by atoms with Gasteiger partial charge in [-0.3, -0.25) is 0 Å². The second-order valence-electron chi connectivity index (χ2n) is 0.857. The molecule has 0 aromatic carbocycles. The summed E-state index contributed by atoms with van der Waals surface area (Å²) in [7, 11) is 0. The molecular formula is C2Cl4F4. The van der Waals surface area contributed by atoms with Crippen LogP contribution in [0.5, 0.6) is 0 Å². The summed E-state index contributed by atoms with van der Waals surface area (Å²) in [6.07, 6.45) is -5.50. The van der Waals surface area contributed by atoms with Crippen molar-refractivity contribution in [2.24, 2.45) is 0 Å². The van der Waals surface area contributed by atoms with Crippen LogP contribution in [0, 0.1) is 0 Å². The third-order valence-electron chi connectivity index (χ3n) is 0. The molecule has 0 aliphatic carbocycles. The van der Waals surface area contributed by atoms with Gasteiger partial charge in [-0.1, -0.05) is 46.4 Å². The third-order valence-corrected chi connectivity index (χ3v) is 0. The monoisotopic (exact) mass is 240 g/mol. The van der Waals surface area contributed by atoms with Crippen molar-refractivity contribution >= 4 is 46.4 Å². The lowest BCUT2D eigenvalue weighted by molar-refractivity contribution is -0.237. The van der Waals surface area contributed by atoms with Crippen LogP contribution in [-0.4, -0.2) is 9.68 Å². The minimum atomic E-state index is -5.50. The average Bonchev–Trinajstić information content (AvgIpc) is 1.12. The first-order valence-corrected chi connectivity index (χ1v) is 3.02. The summed E-state index contributed by atoms with van der Waals surface area (Å²) in [4.78, 5) is 0. The van der Waals surface area contributed by atoms with Gasteiger partial charge in [0.2, 0.25) is 0 Å². The van der Waals surface area contributed by atoms with Gasteiger partial charge in [-0.2, -0.15) is 0 Å². The number of alkyl halides is 8. The van der Waals surface area contributed by atoms with Crippen LogP contribution in [0.25, 0.3) is 0 Å². The molecule has 8 heteroatoms. The lowest BCUT2D eigenvalue weighted by Gasteiger charge is -1.91. The molecule has 0 aromatic rings. The molecule has 0 rings (SSSR count). The van der Waals surface area contributed by atoms with Crippen molar-refractivity contribution in [3.8, 4) is 0 Å². The van der Waals surface area contributed by atoms with Crippen molar-refractivity contribution in [2.45, 2.75) is 9.68 Å². The molecule has 0 spiro atoms. The molecule has 0 N–H and O–H groups in total. The standard InChI is InChI=1S/CCl4.CF4/c2*2-1(3,4)5. The van der Waals surface area contributed by atoms with Gasteiger partial charge in [0.1, 0.15) is 0 Å². The van der Waals surface area contributed by atoms with E-state index in [0.717, 1.165) is 0 Å². The molecule has 0 bridgehead atoms. The summed E-state index contributed by atoms with van der Waals surface area (Å²) < 4.78 is 37.1. The summed E-state index contributed by atoms with van der Waals surface area (Å²) in [6, 6.07) is 0. The fourth-order valence-electron chi connectivity index (χ4n) is 0. The molecule has 0 radical (unpaired) electrons. The van der Waals surface area contributed by atoms with Gasteiger partial charge in [0.05, 0.1) is 0 Å². The van der Waals surface area contributed by atoms with Crippen LogP contribution >= 0.6 is 46.4 Å². The van der Waals surface area contributed by atoms with Crippen LogP contribution in [0.4, 0.5) is 17.6 Å². The summed E-state index contributed by atoms with van der Waals surface area (Å²) in [5, 5.41) is 0. The van der Waals surface area contributed by atoms with Crippen molar-refractivity contribution in [1.29, 1.82) is 0 Å². The van der Waals surface area contributed by atoms with E-state index in [0.29, 0.717) is 0 Å². The molecule has 0 unspecified atom stereocenters. The van der Waals surface area contributed by atoms with E-state index in [-0.39, 0.29) is 0 Å². The van der Waals surface area contributed by atoms with E-state index < -0.39 is 9.68 Å². The van der Waals surface area contributed by atoms with Gasteiger partial charge in [-0.25, -0.2) is 0 Å². The van der Waals surface area contributed by atoms with Gasteiger partial charge in [0.15, 0.2) is 0 Å². The Kier molecular flexibility index (Phi) is 6.33. The van der Waals surface area contributed by atoms with Crippen LogP contribution < -0.4 is 0 Å². The maximum Gasteiger partial charge on any atom is 0.559 e. The lowest BCUT2D eigenvalue weighted by atomic mass is 11.5. The second-order valence-corrected chi connectivity index (χ2v) is 4.29. The van der Waals surface area contributed by atoms with E-state index in [4.69, 9.17) is 46.4 Å². The van der Waals surface area contributed by atoms with Crippen LogP contribution in [0.1, 0.15) is 0 Å². The Morgan fingerprint density at radius 2 is 0.700 bits per heavy atom. The molecule has 0 atom stereocenters. The third kappa shape index (κ3) is 712. The van der Waals surface area contributed by atoms with Crippen LogP contribution in [-0.2, 0) is 0 Å². The zero-order valence-corrected chi connectivity index (χ0v) is 7.05. The van der Waals surface area contributed by atoms with Crippen LogP contribution in [0.15, 0.2) is 0 Å². The predicted molar refractivity (Wildman–Crippen MR) is 33.3 cm³/mol. The van der Waals surface area contributed by atoms with Crippen molar-refractivity contribution in [3.05, 3.63) is 0 Å². The zero-order valence-electron chi connectivity index (χ0n) is 4.02. The quantitative estimate of drug-likeness (QED) is 0.444. The smallest absolute Gasteiger partial charge is 0.140 e. The van der Waals surface area contributed by atoms with Crippen LogP contribution in [0.3, 0.4) is 0 Å². The van der Waals surface area contributed by atoms with Gasteiger partial charge in [-0.15, -0.1) is 17.6 Å². The Hall–Kier alpha value is 0.880. The fraction of sp³-hybridized carbons (Fsp3) is 1.00. The van der Waals surface area contributed by atoms with E-state index in [2.05, 4.69) is 0 Å². The van der Waals surface area contributed by atoms with Crippen molar-refractivity contribution in [1.82, 2.24) is 0 Å². The molecule has 0 amide bonds. The van der Waals surface area contributed by atoms with E-state index >= 15 is 0 Å². The van der Waals surface area contributed by atoms with Gasteiger partial charge in [0.25, 0.3) is 3.25 Å². The van der Waals surface area contributed by atoms with E-state index in [1.807, 2.05) is 0 Å². The topological polar surface area (TPSA) is 0 Å². The number of hydrogen-bond donors (Lipinski definition) is 0. The van der Waals surface area contributed by atoms with Gasteiger partial charge in [0, 0.05) is 0 Å². The highest BCUT2D eigenvalue weighted by Gasteiger charge is 2.24. The highest BCUT2D eigenvalue weighted by Crippen LogP contribution is 2.29. The molecule has 0 aromatic heterocycles. The number of rotatable bonds is 0. The Bertz CT molecular complexity index is 58.2. The molecule has 0 saturated heterocycles. The number of hydrogen-bond acceptors (Lipinski definition) is 0. The second kappa shape index (κ2) is 4.70. The zero-order chi connectivity index (χ0) is 9.00. The van der Waals surface area contributed by atoms with Gasteiger partial charge < -0.3 is 0 Å². The maximum atomic E-state index is 9.69. The first-order valence-electron chi connectivity index (χ1n) is 1.51. The highest BCUT2D eigenvalue weighted by atomic mass is 35.6. The minimum Gasteiger partial charge on any atom is -0.140 e. The average molecular weight is 242 g/mol. The summed E-state index contributed by atoms with van der Waals surface area (Å²) in [5.41, 5.74) is 0. The fourth-order valence-corrected chi connectivity index (χ4v) is 0. The maximum absolute atomic E-state index is 9.69.